The quantitative estimate of drug-likeness (QED) is 0.811. The Morgan fingerprint density at radius 2 is 2.09 bits per heavy atom. The van der Waals surface area contributed by atoms with Crippen LogP contribution in [0.3, 0.4) is 0 Å². The minimum absolute atomic E-state index is 0.0181. The molecule has 1 aromatic rings. The zero-order chi connectivity index (χ0) is 15.9. The number of thiazole rings is 1. The summed E-state index contributed by atoms with van der Waals surface area (Å²) in [5, 5.41) is 13.9. The molecule has 0 aliphatic heterocycles. The molecule has 2 fully saturated rings. The molecule has 2 N–H and O–H groups in total. The third kappa shape index (κ3) is 3.51. The molecule has 0 aromatic carbocycles. The summed E-state index contributed by atoms with van der Waals surface area (Å²) in [5.74, 6) is 1.27. The molecule has 0 spiro atoms. The Labute approximate surface area is 136 Å². The van der Waals surface area contributed by atoms with Gasteiger partial charge in [0.25, 0.3) is 5.91 Å². The lowest BCUT2D eigenvalue weighted by atomic mass is 9.82. The van der Waals surface area contributed by atoms with Crippen molar-refractivity contribution in [1.29, 1.82) is 0 Å². The van der Waals surface area contributed by atoms with Crippen LogP contribution in [-0.2, 0) is 6.42 Å². The highest BCUT2D eigenvalue weighted by atomic mass is 32.1. The van der Waals surface area contributed by atoms with Crippen LogP contribution in [0.1, 0.15) is 59.9 Å². The van der Waals surface area contributed by atoms with E-state index >= 15 is 0 Å². The molecule has 5 heteroatoms. The van der Waals surface area contributed by atoms with Gasteiger partial charge < -0.3 is 10.4 Å². The molecule has 22 heavy (non-hydrogen) atoms. The number of carbonyl (C=O) groups excluding carboxylic acids is 1. The summed E-state index contributed by atoms with van der Waals surface area (Å²) in [5.41, 5.74) is 0.557. The Hall–Kier alpha value is -0.940. The second kappa shape index (κ2) is 5.93. The van der Waals surface area contributed by atoms with Crippen molar-refractivity contribution in [3.8, 4) is 0 Å². The van der Waals surface area contributed by atoms with Gasteiger partial charge in [-0.2, -0.15) is 0 Å². The summed E-state index contributed by atoms with van der Waals surface area (Å²) in [4.78, 5) is 18.0. The third-order valence-corrected chi connectivity index (χ3v) is 6.02. The third-order valence-electron chi connectivity index (χ3n) is 4.84. The fourth-order valence-electron chi connectivity index (χ4n) is 3.01. The first-order valence-electron chi connectivity index (χ1n) is 8.28. The van der Waals surface area contributed by atoms with Crippen molar-refractivity contribution in [2.45, 2.75) is 58.9 Å². The minimum atomic E-state index is -0.285. The zero-order valence-electron chi connectivity index (χ0n) is 13.7. The highest BCUT2D eigenvalue weighted by molar-refractivity contribution is 7.13. The van der Waals surface area contributed by atoms with Gasteiger partial charge in [-0.05, 0) is 44.4 Å². The number of hydrogen-bond donors (Lipinski definition) is 2. The van der Waals surface area contributed by atoms with Crippen LogP contribution in [-0.4, -0.2) is 28.6 Å². The number of aryl methyl sites for hydroxylation is 1. The molecule has 1 unspecified atom stereocenters. The number of hydrogen-bond acceptors (Lipinski definition) is 4. The van der Waals surface area contributed by atoms with E-state index in [4.69, 9.17) is 0 Å². The van der Waals surface area contributed by atoms with Gasteiger partial charge in [0, 0.05) is 17.9 Å². The van der Waals surface area contributed by atoms with Gasteiger partial charge in [-0.15, -0.1) is 11.3 Å². The molecule has 1 aromatic heterocycles. The number of rotatable bonds is 7. The normalized spacial score (nSPS) is 20.0. The fourth-order valence-corrected chi connectivity index (χ4v) is 4.09. The first kappa shape index (κ1) is 15.9. The summed E-state index contributed by atoms with van der Waals surface area (Å²) in [7, 11) is 0. The molecule has 122 valence electrons. The number of aliphatic hydroxyl groups excluding tert-OH is 1. The number of amides is 1. The van der Waals surface area contributed by atoms with Crippen LogP contribution >= 0.6 is 11.3 Å². The SMILES string of the molecule is Cc1nc(CC2CC2)sc1C(=O)NC(C1CC1)C(C)(C)CO. The topological polar surface area (TPSA) is 62.2 Å². The highest BCUT2D eigenvalue weighted by Crippen LogP contribution is 2.41. The molecular weight excluding hydrogens is 296 g/mol. The van der Waals surface area contributed by atoms with Crippen LogP contribution in [0, 0.1) is 24.2 Å². The van der Waals surface area contributed by atoms with Gasteiger partial charge in [-0.1, -0.05) is 13.8 Å². The van der Waals surface area contributed by atoms with Crippen molar-refractivity contribution >= 4 is 17.2 Å². The van der Waals surface area contributed by atoms with Crippen LogP contribution in [0.5, 0.6) is 0 Å². The van der Waals surface area contributed by atoms with E-state index in [0.717, 1.165) is 40.8 Å². The molecule has 1 heterocycles. The van der Waals surface area contributed by atoms with E-state index in [0.29, 0.717) is 5.92 Å². The van der Waals surface area contributed by atoms with Crippen LogP contribution in [0.2, 0.25) is 0 Å². The fraction of sp³-hybridized carbons (Fsp3) is 0.765. The van der Waals surface area contributed by atoms with Gasteiger partial charge in [0.05, 0.1) is 17.3 Å². The van der Waals surface area contributed by atoms with Crippen molar-refractivity contribution in [3.05, 3.63) is 15.6 Å². The minimum Gasteiger partial charge on any atom is -0.396 e. The summed E-state index contributed by atoms with van der Waals surface area (Å²) in [6.45, 7) is 6.05. The average Bonchev–Trinajstić information content (AvgIpc) is 3.36. The highest BCUT2D eigenvalue weighted by Gasteiger charge is 2.42. The van der Waals surface area contributed by atoms with E-state index in [1.165, 1.54) is 12.8 Å². The second-order valence-corrected chi connectivity index (χ2v) is 8.69. The van der Waals surface area contributed by atoms with Crippen LogP contribution < -0.4 is 5.32 Å². The Balaban J connectivity index is 1.71. The summed E-state index contributed by atoms with van der Waals surface area (Å²) in [6, 6.07) is 0.0402. The van der Waals surface area contributed by atoms with Crippen molar-refractivity contribution in [1.82, 2.24) is 10.3 Å². The van der Waals surface area contributed by atoms with Gasteiger partial charge in [-0.25, -0.2) is 4.98 Å². The number of aromatic nitrogens is 1. The zero-order valence-corrected chi connectivity index (χ0v) is 14.5. The number of aliphatic hydroxyl groups is 1. The Morgan fingerprint density at radius 3 is 2.64 bits per heavy atom. The molecule has 2 aliphatic carbocycles. The van der Waals surface area contributed by atoms with Gasteiger partial charge in [0.15, 0.2) is 0 Å². The van der Waals surface area contributed by atoms with Crippen molar-refractivity contribution < 1.29 is 9.90 Å². The number of carbonyl (C=O) groups is 1. The molecule has 4 nitrogen and oxygen atoms in total. The van der Waals surface area contributed by atoms with Gasteiger partial charge in [-0.3, -0.25) is 4.79 Å². The van der Waals surface area contributed by atoms with E-state index in [-0.39, 0.29) is 24.0 Å². The number of nitrogens with one attached hydrogen (secondary N) is 1. The van der Waals surface area contributed by atoms with E-state index in [2.05, 4.69) is 10.3 Å². The largest absolute Gasteiger partial charge is 0.396 e. The molecule has 0 saturated heterocycles. The second-order valence-electron chi connectivity index (χ2n) is 7.60. The molecule has 1 atom stereocenters. The molecule has 2 aliphatic rings. The monoisotopic (exact) mass is 322 g/mol. The van der Waals surface area contributed by atoms with Gasteiger partial charge >= 0.3 is 0 Å². The van der Waals surface area contributed by atoms with Crippen molar-refractivity contribution in [2.24, 2.45) is 17.3 Å². The lowest BCUT2D eigenvalue weighted by Gasteiger charge is -2.33. The molecule has 3 rings (SSSR count). The first-order valence-corrected chi connectivity index (χ1v) is 9.10. The summed E-state index contributed by atoms with van der Waals surface area (Å²) in [6.07, 6.45) is 5.90. The van der Waals surface area contributed by atoms with E-state index in [9.17, 15) is 9.90 Å². The Morgan fingerprint density at radius 1 is 1.41 bits per heavy atom. The number of nitrogens with zero attached hydrogens (tertiary/aromatic N) is 1. The maximum Gasteiger partial charge on any atom is 0.263 e. The van der Waals surface area contributed by atoms with Crippen molar-refractivity contribution in [3.63, 3.8) is 0 Å². The Kier molecular flexibility index (Phi) is 4.29. The summed E-state index contributed by atoms with van der Waals surface area (Å²) >= 11 is 1.54. The summed E-state index contributed by atoms with van der Waals surface area (Å²) < 4.78 is 0. The molecule has 0 radical (unpaired) electrons. The molecule has 0 bridgehead atoms. The van der Waals surface area contributed by atoms with Crippen molar-refractivity contribution in [2.75, 3.05) is 6.61 Å². The van der Waals surface area contributed by atoms with Crippen LogP contribution in [0.25, 0.3) is 0 Å². The van der Waals surface area contributed by atoms with Gasteiger partial charge in [0.2, 0.25) is 0 Å². The molecule has 1 amide bonds. The maximum absolute atomic E-state index is 12.7. The van der Waals surface area contributed by atoms with E-state index < -0.39 is 0 Å². The maximum atomic E-state index is 12.7. The lowest BCUT2D eigenvalue weighted by Crippen LogP contribution is -2.48. The predicted molar refractivity (Wildman–Crippen MR) is 88.1 cm³/mol. The van der Waals surface area contributed by atoms with E-state index in [1.54, 1.807) is 11.3 Å². The van der Waals surface area contributed by atoms with E-state index in [1.807, 2.05) is 20.8 Å². The standard InChI is InChI=1S/C17H26N2O2S/c1-10-14(22-13(18-10)8-11-4-5-11)16(21)19-15(12-6-7-12)17(2,3)9-20/h11-12,15,20H,4-9H2,1-3H3,(H,19,21). The lowest BCUT2D eigenvalue weighted by molar-refractivity contribution is 0.0775. The smallest absolute Gasteiger partial charge is 0.263 e. The first-order chi connectivity index (χ1) is 10.4. The Bertz CT molecular complexity index is 559. The molecule has 2 saturated carbocycles. The van der Waals surface area contributed by atoms with Crippen LogP contribution in [0.15, 0.2) is 0 Å². The predicted octanol–water partition coefficient (Wildman–Crippen LogP) is 2.93. The molecular formula is C17H26N2O2S. The van der Waals surface area contributed by atoms with Crippen LogP contribution in [0.4, 0.5) is 0 Å². The average molecular weight is 322 g/mol. The van der Waals surface area contributed by atoms with Gasteiger partial charge in [0.1, 0.15) is 4.88 Å².